The summed E-state index contributed by atoms with van der Waals surface area (Å²) in [6, 6.07) is 1.83. The van der Waals surface area contributed by atoms with Gasteiger partial charge in [-0.15, -0.1) is 0 Å². The molecule has 2 rings (SSSR count). The third kappa shape index (κ3) is 4.36. The zero-order valence-corrected chi connectivity index (χ0v) is 11.7. The number of nitrogens with zero attached hydrogens (tertiary/aromatic N) is 1. The molecule has 0 bridgehead atoms. The second kappa shape index (κ2) is 5.75. The average molecular weight is 285 g/mol. The number of sulfone groups is 1. The largest absolute Gasteiger partial charge is 0.367 e. The van der Waals surface area contributed by atoms with E-state index < -0.39 is 9.84 Å². The van der Waals surface area contributed by atoms with Gasteiger partial charge in [-0.1, -0.05) is 0 Å². The van der Waals surface area contributed by atoms with E-state index in [0.717, 1.165) is 13.0 Å². The lowest BCUT2D eigenvalue weighted by Gasteiger charge is -2.15. The molecule has 2 N–H and O–H groups in total. The van der Waals surface area contributed by atoms with Crippen LogP contribution in [0.2, 0.25) is 0 Å². The normalized spacial score (nSPS) is 20.6. The number of carbonyl (C=O) groups is 1. The molecule has 0 radical (unpaired) electrons. The highest BCUT2D eigenvalue weighted by molar-refractivity contribution is 7.90. The summed E-state index contributed by atoms with van der Waals surface area (Å²) in [5.41, 5.74) is 0.620. The number of carbonyl (C=O) groups excluding carboxylic acids is 1. The van der Waals surface area contributed by atoms with Gasteiger partial charge in [0, 0.05) is 44.3 Å². The second-order valence-corrected chi connectivity index (χ2v) is 7.25. The Morgan fingerprint density at radius 3 is 3.00 bits per heavy atom. The van der Waals surface area contributed by atoms with Gasteiger partial charge < -0.3 is 15.2 Å². The lowest BCUT2D eigenvalue weighted by Crippen LogP contribution is -2.37. The number of H-pyrrole nitrogens is 1. The number of nitrogens with one attached hydrogen (secondary N) is 2. The smallest absolute Gasteiger partial charge is 0.253 e. The minimum Gasteiger partial charge on any atom is -0.367 e. The van der Waals surface area contributed by atoms with Crippen molar-refractivity contribution in [3.63, 3.8) is 0 Å². The first kappa shape index (κ1) is 14.1. The zero-order valence-electron chi connectivity index (χ0n) is 10.9. The van der Waals surface area contributed by atoms with Gasteiger partial charge in [0.1, 0.15) is 9.84 Å². The molecule has 6 nitrogen and oxygen atoms in total. The van der Waals surface area contributed by atoms with Crippen LogP contribution < -0.4 is 5.32 Å². The van der Waals surface area contributed by atoms with E-state index in [0.29, 0.717) is 18.7 Å². The molecule has 1 amide bonds. The van der Waals surface area contributed by atoms with Crippen molar-refractivity contribution in [1.29, 1.82) is 0 Å². The van der Waals surface area contributed by atoms with Gasteiger partial charge in [0.15, 0.2) is 0 Å². The van der Waals surface area contributed by atoms with Gasteiger partial charge in [-0.2, -0.15) is 0 Å². The monoisotopic (exact) mass is 285 g/mol. The third-order valence-corrected chi connectivity index (χ3v) is 4.17. The molecule has 1 atom stereocenters. The summed E-state index contributed by atoms with van der Waals surface area (Å²) >= 11 is 0. The quantitative estimate of drug-likeness (QED) is 0.789. The number of aromatic nitrogens is 1. The van der Waals surface area contributed by atoms with E-state index in [9.17, 15) is 13.2 Å². The fraction of sp³-hybridized carbons (Fsp3) is 0.583. The molecule has 1 aliphatic rings. The minimum atomic E-state index is -2.92. The highest BCUT2D eigenvalue weighted by atomic mass is 32.2. The van der Waals surface area contributed by atoms with Crippen LogP contribution >= 0.6 is 0 Å². The van der Waals surface area contributed by atoms with Crippen molar-refractivity contribution in [2.24, 2.45) is 0 Å². The van der Waals surface area contributed by atoms with Gasteiger partial charge in [-0.3, -0.25) is 4.79 Å². The number of hydrogen-bond donors (Lipinski definition) is 2. The summed E-state index contributed by atoms with van der Waals surface area (Å²) in [7, 11) is -2.92. The predicted molar refractivity (Wildman–Crippen MR) is 72.8 cm³/mol. The van der Waals surface area contributed by atoms with Crippen LogP contribution in [0.1, 0.15) is 16.8 Å². The molecule has 106 valence electrons. The molecule has 2 heterocycles. The topological polar surface area (TPSA) is 82.3 Å². The number of hydrogen-bond acceptors (Lipinski definition) is 4. The molecule has 0 aliphatic carbocycles. The van der Waals surface area contributed by atoms with Crippen LogP contribution in [0.15, 0.2) is 18.5 Å². The molecule has 0 aromatic carbocycles. The summed E-state index contributed by atoms with van der Waals surface area (Å²) in [6.07, 6.45) is 5.47. The van der Waals surface area contributed by atoms with Crippen LogP contribution in [0.5, 0.6) is 0 Å². The fourth-order valence-electron chi connectivity index (χ4n) is 2.18. The average Bonchev–Trinajstić information content (AvgIpc) is 2.96. The van der Waals surface area contributed by atoms with Crippen molar-refractivity contribution in [2.75, 3.05) is 31.6 Å². The van der Waals surface area contributed by atoms with Gasteiger partial charge >= 0.3 is 0 Å². The maximum Gasteiger partial charge on any atom is 0.253 e. The standard InChI is InChI=1S/C12H19N3O3S/c1-19(17,18)7-6-15-5-3-11(9-15)14-12(16)10-2-4-13-8-10/h2,4,8,11,13H,3,5-7,9H2,1H3,(H,14,16)/t11-/m0/s1. The van der Waals surface area contributed by atoms with Crippen LogP contribution in [0.3, 0.4) is 0 Å². The molecular formula is C12H19N3O3S. The zero-order chi connectivity index (χ0) is 13.9. The second-order valence-electron chi connectivity index (χ2n) is 4.99. The third-order valence-electron chi connectivity index (χ3n) is 3.25. The van der Waals surface area contributed by atoms with E-state index in [4.69, 9.17) is 0 Å². The number of rotatable bonds is 5. The van der Waals surface area contributed by atoms with Gasteiger partial charge in [-0.05, 0) is 12.5 Å². The first-order chi connectivity index (χ1) is 8.94. The molecule has 0 unspecified atom stereocenters. The van der Waals surface area contributed by atoms with Crippen LogP contribution in [0.4, 0.5) is 0 Å². The van der Waals surface area contributed by atoms with Gasteiger partial charge in [-0.25, -0.2) is 8.42 Å². The number of aromatic amines is 1. The van der Waals surface area contributed by atoms with E-state index in [1.165, 1.54) is 6.26 Å². The summed E-state index contributed by atoms with van der Waals surface area (Å²) < 4.78 is 22.2. The molecule has 7 heteroatoms. The lowest BCUT2D eigenvalue weighted by molar-refractivity contribution is 0.0938. The van der Waals surface area contributed by atoms with Crippen molar-refractivity contribution >= 4 is 15.7 Å². The Kier molecular flexibility index (Phi) is 4.26. The van der Waals surface area contributed by atoms with Gasteiger partial charge in [0.25, 0.3) is 5.91 Å². The van der Waals surface area contributed by atoms with Crippen LogP contribution in [-0.4, -0.2) is 61.9 Å². The van der Waals surface area contributed by atoms with Gasteiger partial charge in [0.2, 0.25) is 0 Å². The van der Waals surface area contributed by atoms with Crippen LogP contribution in [-0.2, 0) is 9.84 Å². The molecular weight excluding hydrogens is 266 g/mol. The first-order valence-corrected chi connectivity index (χ1v) is 8.34. The molecule has 1 aromatic rings. The predicted octanol–water partition coefficient (Wildman–Crippen LogP) is -0.137. The Labute approximate surface area is 113 Å². The molecule has 1 fully saturated rings. The SMILES string of the molecule is CS(=O)(=O)CCN1CC[C@H](NC(=O)c2cc[nH]c2)C1. The lowest BCUT2D eigenvalue weighted by atomic mass is 10.2. The molecule has 1 aliphatic heterocycles. The first-order valence-electron chi connectivity index (χ1n) is 6.28. The minimum absolute atomic E-state index is 0.0868. The maximum absolute atomic E-state index is 11.8. The fourth-order valence-corrected chi connectivity index (χ4v) is 2.77. The highest BCUT2D eigenvalue weighted by Crippen LogP contribution is 2.10. The van der Waals surface area contributed by atoms with Crippen LogP contribution in [0, 0.1) is 0 Å². The summed E-state index contributed by atoms with van der Waals surface area (Å²) in [5.74, 6) is 0.0853. The summed E-state index contributed by atoms with van der Waals surface area (Å²) in [6.45, 7) is 2.08. The van der Waals surface area contributed by atoms with Crippen LogP contribution in [0.25, 0.3) is 0 Å². The summed E-state index contributed by atoms with van der Waals surface area (Å²) in [5, 5.41) is 2.96. The maximum atomic E-state index is 11.8. The van der Waals surface area contributed by atoms with Crippen molar-refractivity contribution in [3.05, 3.63) is 24.0 Å². The van der Waals surface area contributed by atoms with Crippen molar-refractivity contribution in [3.8, 4) is 0 Å². The van der Waals surface area contributed by atoms with E-state index in [2.05, 4.69) is 15.2 Å². The number of amides is 1. The van der Waals surface area contributed by atoms with Crippen molar-refractivity contribution in [2.45, 2.75) is 12.5 Å². The molecule has 0 spiro atoms. The molecule has 1 saturated heterocycles. The summed E-state index contributed by atoms with van der Waals surface area (Å²) in [4.78, 5) is 16.8. The number of likely N-dealkylation sites (tertiary alicyclic amines) is 1. The molecule has 19 heavy (non-hydrogen) atoms. The Hall–Kier alpha value is -1.34. The van der Waals surface area contributed by atoms with Crippen molar-refractivity contribution in [1.82, 2.24) is 15.2 Å². The van der Waals surface area contributed by atoms with E-state index in [-0.39, 0.29) is 17.7 Å². The Balaban J connectivity index is 1.78. The Morgan fingerprint density at radius 2 is 2.37 bits per heavy atom. The Bertz CT molecular complexity index is 524. The molecule has 0 saturated carbocycles. The van der Waals surface area contributed by atoms with E-state index >= 15 is 0 Å². The highest BCUT2D eigenvalue weighted by Gasteiger charge is 2.24. The van der Waals surface area contributed by atoms with Gasteiger partial charge in [0.05, 0.1) is 11.3 Å². The van der Waals surface area contributed by atoms with E-state index in [1.54, 1.807) is 18.5 Å². The van der Waals surface area contributed by atoms with Crippen molar-refractivity contribution < 1.29 is 13.2 Å². The van der Waals surface area contributed by atoms with E-state index in [1.807, 2.05) is 0 Å². The Morgan fingerprint density at radius 1 is 1.58 bits per heavy atom. The molecule has 1 aromatic heterocycles.